The molecular weight excluding hydrogens is 214 g/mol. The van der Waals surface area contributed by atoms with Gasteiger partial charge in [-0.15, -0.1) is 6.58 Å². The minimum absolute atomic E-state index is 0.0888. The topological polar surface area (TPSA) is 49.6 Å². The van der Waals surface area contributed by atoms with Crippen molar-refractivity contribution in [3.63, 3.8) is 0 Å². The van der Waals surface area contributed by atoms with Gasteiger partial charge in [-0.2, -0.15) is 0 Å². The Balaban J connectivity index is 1.98. The molecule has 3 unspecified atom stereocenters. The van der Waals surface area contributed by atoms with Gasteiger partial charge in [-0.05, 0) is 32.7 Å². The van der Waals surface area contributed by atoms with Crippen LogP contribution in [0.4, 0.5) is 0 Å². The summed E-state index contributed by atoms with van der Waals surface area (Å²) >= 11 is 0. The van der Waals surface area contributed by atoms with E-state index >= 15 is 0 Å². The summed E-state index contributed by atoms with van der Waals surface area (Å²) in [6.45, 7) is 5.34. The Kier molecular flexibility index (Phi) is 3.84. The van der Waals surface area contributed by atoms with Crippen molar-refractivity contribution in [2.75, 3.05) is 20.1 Å². The molecule has 2 aliphatic heterocycles. The molecule has 2 heterocycles. The third-order valence-corrected chi connectivity index (χ3v) is 4.20. The van der Waals surface area contributed by atoms with Crippen LogP contribution in [0.3, 0.4) is 0 Å². The van der Waals surface area contributed by atoms with E-state index in [-0.39, 0.29) is 5.91 Å². The van der Waals surface area contributed by atoms with Gasteiger partial charge in [0.25, 0.3) is 0 Å². The van der Waals surface area contributed by atoms with E-state index in [1.807, 2.05) is 4.90 Å². The monoisotopic (exact) mass is 237 g/mol. The zero-order valence-corrected chi connectivity index (χ0v) is 10.6. The molecule has 0 spiro atoms. The smallest absolute Gasteiger partial charge is 0.239 e. The first-order chi connectivity index (χ1) is 8.13. The van der Waals surface area contributed by atoms with Gasteiger partial charge in [-0.3, -0.25) is 9.69 Å². The second-order valence-corrected chi connectivity index (χ2v) is 5.25. The van der Waals surface area contributed by atoms with Gasteiger partial charge in [0, 0.05) is 25.2 Å². The van der Waals surface area contributed by atoms with Crippen LogP contribution in [0.5, 0.6) is 0 Å². The Morgan fingerprint density at radius 2 is 2.18 bits per heavy atom. The number of hydrogen-bond donors (Lipinski definition) is 1. The lowest BCUT2D eigenvalue weighted by Crippen LogP contribution is -2.47. The molecule has 0 aromatic carbocycles. The Hall–Kier alpha value is -0.870. The molecule has 4 heteroatoms. The van der Waals surface area contributed by atoms with E-state index in [0.29, 0.717) is 18.5 Å². The van der Waals surface area contributed by atoms with E-state index in [1.54, 1.807) is 6.08 Å². The number of nitrogens with zero attached hydrogens (tertiary/aromatic N) is 2. The highest BCUT2D eigenvalue weighted by Crippen LogP contribution is 2.28. The van der Waals surface area contributed by atoms with Crippen LogP contribution in [-0.2, 0) is 4.79 Å². The van der Waals surface area contributed by atoms with Crippen molar-refractivity contribution in [3.8, 4) is 0 Å². The maximum atomic E-state index is 12.2. The Morgan fingerprint density at radius 1 is 1.47 bits per heavy atom. The number of hydrogen-bond acceptors (Lipinski definition) is 3. The molecule has 0 aromatic rings. The largest absolute Gasteiger partial charge is 0.340 e. The summed E-state index contributed by atoms with van der Waals surface area (Å²) in [5.74, 6) is 0.0888. The van der Waals surface area contributed by atoms with E-state index in [2.05, 4.69) is 18.5 Å². The van der Waals surface area contributed by atoms with Crippen LogP contribution in [0.2, 0.25) is 0 Å². The molecule has 96 valence electrons. The van der Waals surface area contributed by atoms with E-state index in [0.717, 1.165) is 19.5 Å². The van der Waals surface area contributed by atoms with Crippen molar-refractivity contribution in [2.24, 2.45) is 5.73 Å². The van der Waals surface area contributed by atoms with E-state index < -0.39 is 6.04 Å². The molecule has 0 saturated carbocycles. The van der Waals surface area contributed by atoms with E-state index in [9.17, 15) is 4.79 Å². The van der Waals surface area contributed by atoms with Gasteiger partial charge >= 0.3 is 0 Å². The average molecular weight is 237 g/mol. The van der Waals surface area contributed by atoms with E-state index in [4.69, 9.17) is 5.73 Å². The lowest BCUT2D eigenvalue weighted by Gasteiger charge is -2.27. The van der Waals surface area contributed by atoms with Crippen molar-refractivity contribution in [2.45, 2.75) is 43.8 Å². The molecule has 2 aliphatic rings. The molecule has 0 aromatic heterocycles. The number of carbonyl (C=O) groups excluding carboxylic acids is 1. The minimum Gasteiger partial charge on any atom is -0.340 e. The fourth-order valence-corrected chi connectivity index (χ4v) is 3.02. The molecule has 2 rings (SSSR count). The Bertz CT molecular complexity index is 305. The number of rotatable bonds is 3. The first-order valence-corrected chi connectivity index (χ1v) is 6.50. The van der Waals surface area contributed by atoms with Gasteiger partial charge in [-0.1, -0.05) is 6.08 Å². The predicted molar refractivity (Wildman–Crippen MR) is 68.6 cm³/mol. The summed E-state index contributed by atoms with van der Waals surface area (Å²) in [6, 6.07) is 0.783. The van der Waals surface area contributed by atoms with Crippen LogP contribution in [0.25, 0.3) is 0 Å². The van der Waals surface area contributed by atoms with Crippen molar-refractivity contribution >= 4 is 5.91 Å². The summed E-state index contributed by atoms with van der Waals surface area (Å²) in [6.07, 6.45) is 5.86. The van der Waals surface area contributed by atoms with Crippen molar-refractivity contribution < 1.29 is 4.79 Å². The summed E-state index contributed by atoms with van der Waals surface area (Å²) in [5, 5.41) is 0. The quantitative estimate of drug-likeness (QED) is 0.731. The van der Waals surface area contributed by atoms with Gasteiger partial charge in [-0.25, -0.2) is 0 Å². The Morgan fingerprint density at radius 3 is 2.88 bits per heavy atom. The van der Waals surface area contributed by atoms with Crippen molar-refractivity contribution in [1.82, 2.24) is 9.80 Å². The minimum atomic E-state index is -0.408. The maximum Gasteiger partial charge on any atom is 0.239 e. The molecule has 0 radical (unpaired) electrons. The Labute approximate surface area is 103 Å². The molecule has 17 heavy (non-hydrogen) atoms. The van der Waals surface area contributed by atoms with Gasteiger partial charge in [0.2, 0.25) is 5.91 Å². The number of fused-ring (bicyclic) bond motifs is 2. The zero-order chi connectivity index (χ0) is 12.4. The number of carbonyl (C=O) groups is 1. The van der Waals surface area contributed by atoms with Crippen LogP contribution in [0.15, 0.2) is 12.7 Å². The number of likely N-dealkylation sites (N-methyl/N-ethyl adjacent to an activating group) is 1. The molecule has 3 atom stereocenters. The highest BCUT2D eigenvalue weighted by atomic mass is 16.2. The normalized spacial score (nSPS) is 31.1. The molecule has 1 amide bonds. The van der Waals surface area contributed by atoms with Gasteiger partial charge in [0.1, 0.15) is 0 Å². The fraction of sp³-hybridized carbons (Fsp3) is 0.769. The predicted octanol–water partition coefficient (Wildman–Crippen LogP) is 0.585. The number of nitrogens with two attached hydrogens (primary N) is 1. The molecule has 2 bridgehead atoms. The molecule has 2 saturated heterocycles. The van der Waals surface area contributed by atoms with Crippen LogP contribution in [0.1, 0.15) is 25.7 Å². The van der Waals surface area contributed by atoms with Crippen LogP contribution in [-0.4, -0.2) is 54.0 Å². The highest BCUT2D eigenvalue weighted by Gasteiger charge is 2.36. The molecule has 2 fully saturated rings. The number of likely N-dealkylation sites (tertiary alicyclic amines) is 1. The molecule has 0 aliphatic carbocycles. The summed E-state index contributed by atoms with van der Waals surface area (Å²) in [5.41, 5.74) is 5.87. The third-order valence-electron chi connectivity index (χ3n) is 4.20. The SMILES string of the molecule is C=CCC(N)C(=O)N1CCC2CCC(C1)N2C. The van der Waals surface area contributed by atoms with E-state index in [1.165, 1.54) is 12.8 Å². The van der Waals surface area contributed by atoms with Crippen molar-refractivity contribution in [3.05, 3.63) is 12.7 Å². The zero-order valence-electron chi connectivity index (χ0n) is 10.6. The van der Waals surface area contributed by atoms with Gasteiger partial charge < -0.3 is 10.6 Å². The summed E-state index contributed by atoms with van der Waals surface area (Å²) in [4.78, 5) is 16.5. The average Bonchev–Trinajstić information content (AvgIpc) is 2.53. The summed E-state index contributed by atoms with van der Waals surface area (Å²) in [7, 11) is 2.18. The summed E-state index contributed by atoms with van der Waals surface area (Å²) < 4.78 is 0. The highest BCUT2D eigenvalue weighted by molar-refractivity contribution is 5.81. The second-order valence-electron chi connectivity index (χ2n) is 5.25. The standard InChI is InChI=1S/C13H23N3O/c1-3-4-12(14)13(17)16-8-7-10-5-6-11(9-16)15(10)2/h3,10-12H,1,4-9,14H2,2H3. The molecule has 4 nitrogen and oxygen atoms in total. The van der Waals surface area contributed by atoms with Gasteiger partial charge in [0.15, 0.2) is 0 Å². The van der Waals surface area contributed by atoms with Crippen LogP contribution in [0, 0.1) is 0 Å². The molecule has 2 N–H and O–H groups in total. The lowest BCUT2D eigenvalue weighted by molar-refractivity contribution is -0.132. The van der Waals surface area contributed by atoms with Gasteiger partial charge in [0.05, 0.1) is 6.04 Å². The van der Waals surface area contributed by atoms with Crippen LogP contribution < -0.4 is 5.73 Å². The number of amides is 1. The fourth-order valence-electron chi connectivity index (χ4n) is 3.02. The van der Waals surface area contributed by atoms with Crippen molar-refractivity contribution in [1.29, 1.82) is 0 Å². The maximum absolute atomic E-state index is 12.2. The second kappa shape index (κ2) is 5.19. The first kappa shape index (κ1) is 12.6. The lowest BCUT2D eigenvalue weighted by atomic mass is 10.1. The third kappa shape index (κ3) is 2.53. The molecular formula is C13H23N3O. The first-order valence-electron chi connectivity index (χ1n) is 6.50. The van der Waals surface area contributed by atoms with Crippen LogP contribution >= 0.6 is 0 Å².